The highest BCUT2D eigenvalue weighted by atomic mass is 16.5. The Balaban J connectivity index is 1.54. The fraction of sp³-hybridized carbons (Fsp3) is 0.421. The Morgan fingerprint density at radius 3 is 2.02 bits per heavy atom. The fourth-order valence-electron chi connectivity index (χ4n) is 5.93. The Bertz CT molecular complexity index is 1350. The van der Waals surface area contributed by atoms with Crippen LogP contribution in [-0.4, -0.2) is 0 Å². The molecule has 2 heteroatoms. The standard InChI is InChI=1S/C38H47NO/c1-36(2,3)34-26-38(7,25-32(39-34)29-15-10-8-11-16-29)24-31(28-19-14-20-28)21-27-22-33(30-17-12-9-13-18-30)40-35(23-27)37(4,5)6/h8-13,15-18,21-23,25-26,28,31,39H,14,19-20,24H2,1-7H3. The number of ether oxygens (including phenoxy) is 1. The largest absolute Gasteiger partial charge is 0.461 e. The summed E-state index contributed by atoms with van der Waals surface area (Å²) in [6, 6.07) is 21.3. The first-order valence-corrected chi connectivity index (χ1v) is 15.1. The normalized spacial score (nSPS) is 23.6. The molecule has 0 bridgehead atoms. The van der Waals surface area contributed by atoms with Crippen molar-refractivity contribution in [2.75, 3.05) is 0 Å². The van der Waals surface area contributed by atoms with Gasteiger partial charge in [0.15, 0.2) is 0 Å². The van der Waals surface area contributed by atoms with Gasteiger partial charge < -0.3 is 10.1 Å². The Hall–Kier alpha value is -3.26. The van der Waals surface area contributed by atoms with Crippen molar-refractivity contribution >= 4 is 11.5 Å². The van der Waals surface area contributed by atoms with Gasteiger partial charge in [-0.15, -0.1) is 0 Å². The molecule has 3 aliphatic rings. The Morgan fingerprint density at radius 2 is 1.48 bits per heavy atom. The summed E-state index contributed by atoms with van der Waals surface area (Å²) in [4.78, 5) is 0. The second-order valence-electron chi connectivity index (χ2n) is 14.3. The lowest BCUT2D eigenvalue weighted by Gasteiger charge is -2.41. The average molecular weight is 534 g/mol. The summed E-state index contributed by atoms with van der Waals surface area (Å²) in [6.45, 7) is 16.1. The molecule has 0 spiro atoms. The van der Waals surface area contributed by atoms with E-state index in [2.05, 4.69) is 145 Å². The molecule has 0 aromatic heterocycles. The predicted octanol–water partition coefficient (Wildman–Crippen LogP) is 10.3. The monoisotopic (exact) mass is 533 g/mol. The molecular weight excluding hydrogens is 486 g/mol. The van der Waals surface area contributed by atoms with Gasteiger partial charge in [-0.3, -0.25) is 0 Å². The topological polar surface area (TPSA) is 21.3 Å². The maximum atomic E-state index is 6.49. The molecule has 2 unspecified atom stereocenters. The summed E-state index contributed by atoms with van der Waals surface area (Å²) in [5.41, 5.74) is 6.10. The van der Waals surface area contributed by atoms with Crippen molar-refractivity contribution in [3.63, 3.8) is 0 Å². The van der Waals surface area contributed by atoms with E-state index in [1.54, 1.807) is 0 Å². The van der Waals surface area contributed by atoms with E-state index in [0.717, 1.165) is 29.4 Å². The molecule has 2 nitrogen and oxygen atoms in total. The molecule has 0 amide bonds. The van der Waals surface area contributed by atoms with Gasteiger partial charge in [0.25, 0.3) is 0 Å². The Morgan fingerprint density at radius 1 is 0.850 bits per heavy atom. The molecule has 40 heavy (non-hydrogen) atoms. The first kappa shape index (κ1) is 28.3. The van der Waals surface area contributed by atoms with Crippen molar-refractivity contribution in [3.05, 3.63) is 119 Å². The lowest BCUT2D eigenvalue weighted by atomic mass is 9.67. The van der Waals surface area contributed by atoms with Gasteiger partial charge in [-0.1, -0.05) is 134 Å². The van der Waals surface area contributed by atoms with Gasteiger partial charge in [0.1, 0.15) is 11.5 Å². The van der Waals surface area contributed by atoms with Crippen molar-refractivity contribution < 1.29 is 4.74 Å². The zero-order valence-corrected chi connectivity index (χ0v) is 25.6. The third kappa shape index (κ3) is 6.54. The minimum absolute atomic E-state index is 0.0400. The summed E-state index contributed by atoms with van der Waals surface area (Å²) >= 11 is 0. The zero-order chi connectivity index (χ0) is 28.5. The van der Waals surface area contributed by atoms with Gasteiger partial charge in [0, 0.05) is 33.2 Å². The summed E-state index contributed by atoms with van der Waals surface area (Å²) in [5.74, 6) is 3.19. The van der Waals surface area contributed by atoms with Gasteiger partial charge in [-0.05, 0) is 54.4 Å². The Kier molecular flexibility index (Phi) is 7.75. The number of hydrogen-bond donors (Lipinski definition) is 1. The lowest BCUT2D eigenvalue weighted by molar-refractivity contribution is 0.205. The molecule has 2 heterocycles. The molecule has 5 rings (SSSR count). The fourth-order valence-corrected chi connectivity index (χ4v) is 5.93. The van der Waals surface area contributed by atoms with E-state index in [1.165, 1.54) is 41.8 Å². The molecule has 2 aliphatic heterocycles. The number of allylic oxidation sites excluding steroid dienone is 8. The van der Waals surface area contributed by atoms with Crippen LogP contribution >= 0.6 is 0 Å². The molecular formula is C38H47NO. The highest BCUT2D eigenvalue weighted by molar-refractivity contribution is 5.69. The maximum absolute atomic E-state index is 6.49. The van der Waals surface area contributed by atoms with Crippen LogP contribution in [0.3, 0.4) is 0 Å². The predicted molar refractivity (Wildman–Crippen MR) is 170 cm³/mol. The highest BCUT2D eigenvalue weighted by Gasteiger charge is 2.36. The summed E-state index contributed by atoms with van der Waals surface area (Å²) in [5, 5.41) is 3.79. The number of rotatable bonds is 6. The minimum atomic E-state index is -0.0714. The number of nitrogens with one attached hydrogen (secondary N) is 1. The van der Waals surface area contributed by atoms with E-state index in [0.29, 0.717) is 5.92 Å². The van der Waals surface area contributed by atoms with E-state index in [1.807, 2.05) is 0 Å². The van der Waals surface area contributed by atoms with Crippen molar-refractivity contribution in [3.8, 4) is 0 Å². The summed E-state index contributed by atoms with van der Waals surface area (Å²) < 4.78 is 6.49. The molecule has 1 saturated carbocycles. The van der Waals surface area contributed by atoms with Crippen LogP contribution in [0.1, 0.15) is 85.3 Å². The summed E-state index contributed by atoms with van der Waals surface area (Å²) in [6.07, 6.45) is 17.1. The van der Waals surface area contributed by atoms with Crippen LogP contribution < -0.4 is 5.32 Å². The van der Waals surface area contributed by atoms with Gasteiger partial charge in [-0.25, -0.2) is 0 Å². The molecule has 1 aliphatic carbocycles. The average Bonchev–Trinajstić information content (AvgIpc) is 2.87. The number of dihydropyridines is 1. The second-order valence-corrected chi connectivity index (χ2v) is 14.3. The first-order valence-electron chi connectivity index (χ1n) is 15.1. The molecule has 1 fully saturated rings. The maximum Gasteiger partial charge on any atom is 0.134 e. The second kappa shape index (κ2) is 11.0. The van der Waals surface area contributed by atoms with Gasteiger partial charge in [0.2, 0.25) is 0 Å². The van der Waals surface area contributed by atoms with Crippen LogP contribution in [0.4, 0.5) is 0 Å². The molecule has 2 aromatic rings. The zero-order valence-electron chi connectivity index (χ0n) is 25.6. The van der Waals surface area contributed by atoms with Crippen molar-refractivity contribution in [2.45, 2.75) is 74.1 Å². The Labute approximate surface area is 242 Å². The molecule has 0 radical (unpaired) electrons. The molecule has 0 saturated heterocycles. The van der Waals surface area contributed by atoms with Gasteiger partial charge >= 0.3 is 0 Å². The number of hydrogen-bond acceptors (Lipinski definition) is 2. The van der Waals surface area contributed by atoms with Gasteiger partial charge in [0.05, 0.1) is 0 Å². The van der Waals surface area contributed by atoms with E-state index in [9.17, 15) is 0 Å². The van der Waals surface area contributed by atoms with Crippen LogP contribution in [0.25, 0.3) is 11.5 Å². The quantitative estimate of drug-likeness (QED) is 0.399. The smallest absolute Gasteiger partial charge is 0.134 e. The van der Waals surface area contributed by atoms with E-state index in [4.69, 9.17) is 4.74 Å². The van der Waals surface area contributed by atoms with Crippen LogP contribution in [0, 0.1) is 28.1 Å². The van der Waals surface area contributed by atoms with Crippen LogP contribution in [-0.2, 0) is 4.74 Å². The van der Waals surface area contributed by atoms with Crippen molar-refractivity contribution in [1.82, 2.24) is 5.32 Å². The van der Waals surface area contributed by atoms with E-state index >= 15 is 0 Å². The SMILES string of the molecule is CC1(CC(C=C2C=C(c3ccccc3)OC(C(C)(C)C)=C2)C2CCC2)C=C(c2ccccc2)NC(C(C)(C)C)=C1. The van der Waals surface area contributed by atoms with E-state index < -0.39 is 0 Å². The van der Waals surface area contributed by atoms with Crippen molar-refractivity contribution in [1.29, 1.82) is 0 Å². The minimum Gasteiger partial charge on any atom is -0.461 e. The molecule has 2 atom stereocenters. The van der Waals surface area contributed by atoms with Crippen LogP contribution in [0.2, 0.25) is 0 Å². The highest BCUT2D eigenvalue weighted by Crippen LogP contribution is 2.46. The molecule has 2 aromatic carbocycles. The first-order chi connectivity index (χ1) is 18.9. The van der Waals surface area contributed by atoms with Gasteiger partial charge in [-0.2, -0.15) is 0 Å². The van der Waals surface area contributed by atoms with Crippen LogP contribution in [0.5, 0.6) is 0 Å². The molecule has 1 N–H and O–H groups in total. The van der Waals surface area contributed by atoms with Crippen molar-refractivity contribution in [2.24, 2.45) is 28.1 Å². The molecule has 210 valence electrons. The summed E-state index contributed by atoms with van der Waals surface area (Å²) in [7, 11) is 0. The van der Waals surface area contributed by atoms with Crippen LogP contribution in [0.15, 0.2) is 108 Å². The third-order valence-corrected chi connectivity index (χ3v) is 8.56. The lowest BCUT2D eigenvalue weighted by Crippen LogP contribution is -2.33. The van der Waals surface area contributed by atoms with E-state index in [-0.39, 0.29) is 16.2 Å². The third-order valence-electron chi connectivity index (χ3n) is 8.56. The number of benzene rings is 2.